The van der Waals surface area contributed by atoms with Crippen LogP contribution in [0.1, 0.15) is 23.2 Å². The quantitative estimate of drug-likeness (QED) is 0.678. The van der Waals surface area contributed by atoms with Gasteiger partial charge in [-0.2, -0.15) is 0 Å². The summed E-state index contributed by atoms with van der Waals surface area (Å²) in [4.78, 5) is 24.2. The lowest BCUT2D eigenvalue weighted by atomic mass is 9.80. The number of hydrogen-bond donors (Lipinski definition) is 2. The first kappa shape index (κ1) is 19.5. The molecule has 0 unspecified atom stereocenters. The minimum atomic E-state index is -1.01. The third-order valence-electron chi connectivity index (χ3n) is 4.22. The molecule has 1 heterocycles. The van der Waals surface area contributed by atoms with Crippen molar-refractivity contribution in [3.63, 3.8) is 0 Å². The summed E-state index contributed by atoms with van der Waals surface area (Å²) in [7, 11) is 1.55. The lowest BCUT2D eigenvalue weighted by Gasteiger charge is -2.33. The van der Waals surface area contributed by atoms with E-state index in [-0.39, 0.29) is 18.7 Å². The van der Waals surface area contributed by atoms with E-state index in [4.69, 9.17) is 25.8 Å². The number of carboxylic acids is 1. The number of halogens is 1. The van der Waals surface area contributed by atoms with Crippen molar-refractivity contribution in [1.82, 2.24) is 5.32 Å². The van der Waals surface area contributed by atoms with Gasteiger partial charge in [-0.05, 0) is 31.0 Å². The van der Waals surface area contributed by atoms with Crippen molar-refractivity contribution >= 4 is 23.5 Å². The van der Waals surface area contributed by atoms with Crippen LogP contribution in [0.2, 0.25) is 5.02 Å². The van der Waals surface area contributed by atoms with Crippen molar-refractivity contribution < 1.29 is 28.9 Å². The maximum Gasteiger partial charge on any atom is 0.311 e. The predicted molar refractivity (Wildman–Crippen MR) is 91.3 cm³/mol. The van der Waals surface area contributed by atoms with Crippen LogP contribution in [-0.4, -0.2) is 57.1 Å². The number of carbonyl (C=O) groups excluding carboxylic acids is 1. The molecule has 1 saturated heterocycles. The van der Waals surface area contributed by atoms with Crippen molar-refractivity contribution in [2.45, 2.75) is 12.8 Å². The molecule has 0 aliphatic carbocycles. The van der Waals surface area contributed by atoms with Gasteiger partial charge < -0.3 is 24.6 Å². The first-order valence-electron chi connectivity index (χ1n) is 7.99. The molecule has 2 N–H and O–H groups in total. The van der Waals surface area contributed by atoms with Gasteiger partial charge in [-0.3, -0.25) is 9.59 Å². The zero-order valence-corrected chi connectivity index (χ0v) is 14.8. The summed E-state index contributed by atoms with van der Waals surface area (Å²) in [6.45, 7) is 1.42. The van der Waals surface area contributed by atoms with Crippen molar-refractivity contribution in [2.24, 2.45) is 5.41 Å². The van der Waals surface area contributed by atoms with Gasteiger partial charge >= 0.3 is 5.97 Å². The van der Waals surface area contributed by atoms with Crippen LogP contribution in [-0.2, 0) is 14.3 Å². The van der Waals surface area contributed by atoms with Crippen LogP contribution in [0, 0.1) is 5.41 Å². The Morgan fingerprint density at radius 3 is 2.68 bits per heavy atom. The second-order valence-electron chi connectivity index (χ2n) is 5.86. The summed E-state index contributed by atoms with van der Waals surface area (Å²) in [5, 5.41) is 12.6. The second kappa shape index (κ2) is 9.03. The molecule has 25 heavy (non-hydrogen) atoms. The Morgan fingerprint density at radius 2 is 2.04 bits per heavy atom. The van der Waals surface area contributed by atoms with E-state index >= 15 is 0 Å². The molecular formula is C17H22ClNO6. The standard InChI is InChI=1S/C17H22ClNO6/c1-23-8-9-25-14-3-2-12(18)10-13(14)15(20)19-11-17(16(21)22)4-6-24-7-5-17/h2-3,10H,4-9,11H2,1H3,(H,19,20)(H,21,22). The van der Waals surface area contributed by atoms with Gasteiger partial charge in [0.15, 0.2) is 0 Å². The summed E-state index contributed by atoms with van der Waals surface area (Å²) in [5.74, 6) is -0.990. The van der Waals surface area contributed by atoms with E-state index in [2.05, 4.69) is 5.32 Å². The molecule has 1 aliphatic rings. The van der Waals surface area contributed by atoms with Crippen molar-refractivity contribution in [3.05, 3.63) is 28.8 Å². The molecular weight excluding hydrogens is 350 g/mol. The molecule has 0 aromatic heterocycles. The Balaban J connectivity index is 2.08. The zero-order valence-electron chi connectivity index (χ0n) is 14.0. The molecule has 1 aromatic rings. The molecule has 1 aromatic carbocycles. The Labute approximate surface area is 151 Å². The van der Waals surface area contributed by atoms with Crippen LogP contribution in [0.3, 0.4) is 0 Å². The SMILES string of the molecule is COCCOc1ccc(Cl)cc1C(=O)NCC1(C(=O)O)CCOCC1. The molecule has 1 aliphatic heterocycles. The van der Waals surface area contributed by atoms with Crippen LogP contribution in [0.4, 0.5) is 0 Å². The number of benzene rings is 1. The highest BCUT2D eigenvalue weighted by molar-refractivity contribution is 6.31. The molecule has 0 saturated carbocycles. The Kier molecular flexibility index (Phi) is 7.04. The predicted octanol–water partition coefficient (Wildman–Crippen LogP) is 1.98. The van der Waals surface area contributed by atoms with Crippen LogP contribution in [0.25, 0.3) is 0 Å². The number of carbonyl (C=O) groups is 2. The van der Waals surface area contributed by atoms with Crippen molar-refractivity contribution in [1.29, 1.82) is 0 Å². The first-order valence-corrected chi connectivity index (χ1v) is 8.37. The van der Waals surface area contributed by atoms with Gasteiger partial charge in [0, 0.05) is 31.9 Å². The maximum absolute atomic E-state index is 12.6. The average molecular weight is 372 g/mol. The van der Waals surface area contributed by atoms with Gasteiger partial charge in [0.25, 0.3) is 5.91 Å². The number of methoxy groups -OCH3 is 1. The van der Waals surface area contributed by atoms with E-state index < -0.39 is 17.3 Å². The van der Waals surface area contributed by atoms with Crippen molar-refractivity contribution in [3.8, 4) is 5.75 Å². The summed E-state index contributed by atoms with van der Waals surface area (Å²) >= 11 is 5.98. The maximum atomic E-state index is 12.6. The molecule has 0 atom stereocenters. The minimum Gasteiger partial charge on any atom is -0.490 e. The molecule has 138 valence electrons. The number of rotatable bonds is 8. The highest BCUT2D eigenvalue weighted by Gasteiger charge is 2.40. The Hall–Kier alpha value is -1.83. The van der Waals surface area contributed by atoms with E-state index in [1.54, 1.807) is 19.2 Å². The van der Waals surface area contributed by atoms with Crippen LogP contribution in [0.5, 0.6) is 5.75 Å². The topological polar surface area (TPSA) is 94.1 Å². The third kappa shape index (κ3) is 5.07. The van der Waals surface area contributed by atoms with Gasteiger partial charge in [-0.1, -0.05) is 11.6 Å². The van der Waals surface area contributed by atoms with Crippen molar-refractivity contribution in [2.75, 3.05) is 40.1 Å². The Morgan fingerprint density at radius 1 is 1.32 bits per heavy atom. The van der Waals surface area contributed by atoms with E-state index in [1.807, 2.05) is 0 Å². The van der Waals surface area contributed by atoms with Crippen LogP contribution >= 0.6 is 11.6 Å². The van der Waals surface area contributed by atoms with E-state index in [0.717, 1.165) is 0 Å². The molecule has 1 fully saturated rings. The highest BCUT2D eigenvalue weighted by Crippen LogP contribution is 2.30. The Bertz CT molecular complexity index is 615. The highest BCUT2D eigenvalue weighted by atomic mass is 35.5. The number of hydrogen-bond acceptors (Lipinski definition) is 5. The monoisotopic (exact) mass is 371 g/mol. The first-order chi connectivity index (χ1) is 12.0. The second-order valence-corrected chi connectivity index (χ2v) is 6.30. The normalized spacial score (nSPS) is 16.2. The summed E-state index contributed by atoms with van der Waals surface area (Å²) in [6.07, 6.45) is 0.713. The zero-order chi connectivity index (χ0) is 18.3. The van der Waals surface area contributed by atoms with Gasteiger partial charge in [0.05, 0.1) is 17.6 Å². The van der Waals surface area contributed by atoms with Gasteiger partial charge in [-0.25, -0.2) is 0 Å². The lowest BCUT2D eigenvalue weighted by molar-refractivity contribution is -0.154. The van der Waals surface area contributed by atoms with E-state index in [1.165, 1.54) is 6.07 Å². The largest absolute Gasteiger partial charge is 0.490 e. The van der Waals surface area contributed by atoms with Gasteiger partial charge in [-0.15, -0.1) is 0 Å². The average Bonchev–Trinajstić information content (AvgIpc) is 2.61. The number of nitrogens with one attached hydrogen (secondary N) is 1. The number of carboxylic acid groups (broad SMARTS) is 1. The summed E-state index contributed by atoms with van der Waals surface area (Å²) in [6, 6.07) is 4.72. The molecule has 1 amide bonds. The van der Waals surface area contributed by atoms with E-state index in [0.29, 0.717) is 43.4 Å². The molecule has 0 bridgehead atoms. The fourth-order valence-corrected chi connectivity index (χ4v) is 2.79. The fourth-order valence-electron chi connectivity index (χ4n) is 2.61. The molecule has 0 radical (unpaired) electrons. The number of aliphatic carboxylic acids is 1. The van der Waals surface area contributed by atoms with Crippen LogP contribution in [0.15, 0.2) is 18.2 Å². The summed E-state index contributed by atoms with van der Waals surface area (Å²) < 4.78 is 15.7. The van der Waals surface area contributed by atoms with Gasteiger partial charge in [0.1, 0.15) is 12.4 Å². The smallest absolute Gasteiger partial charge is 0.311 e. The molecule has 7 nitrogen and oxygen atoms in total. The van der Waals surface area contributed by atoms with E-state index in [9.17, 15) is 14.7 Å². The molecule has 2 rings (SSSR count). The molecule has 0 spiro atoms. The number of ether oxygens (including phenoxy) is 3. The fraction of sp³-hybridized carbons (Fsp3) is 0.529. The molecule has 8 heteroatoms. The number of amides is 1. The lowest BCUT2D eigenvalue weighted by Crippen LogP contribution is -2.46. The minimum absolute atomic E-state index is 0.0224. The third-order valence-corrected chi connectivity index (χ3v) is 4.46. The summed E-state index contributed by atoms with van der Waals surface area (Å²) in [5.41, 5.74) is -0.750. The van der Waals surface area contributed by atoms with Crippen LogP contribution < -0.4 is 10.1 Å². The van der Waals surface area contributed by atoms with Gasteiger partial charge in [0.2, 0.25) is 0 Å².